The third-order valence-corrected chi connectivity index (χ3v) is 8.59. The number of rotatable bonds is 5. The molecule has 0 aliphatic rings. The summed E-state index contributed by atoms with van der Waals surface area (Å²) in [7, 11) is -11.9. The van der Waals surface area contributed by atoms with Crippen molar-refractivity contribution in [1.29, 1.82) is 0 Å². The van der Waals surface area contributed by atoms with E-state index >= 15 is 0 Å². The molecule has 0 amide bonds. The van der Waals surface area contributed by atoms with Gasteiger partial charge in [-0.15, -0.1) is 12.3 Å². The lowest BCUT2D eigenvalue weighted by atomic mass is 10.1. The van der Waals surface area contributed by atoms with Crippen molar-refractivity contribution in [3.8, 4) is 0 Å². The van der Waals surface area contributed by atoms with Crippen molar-refractivity contribution in [2.75, 3.05) is 0 Å². The van der Waals surface area contributed by atoms with Crippen LogP contribution in [0.4, 0.5) is 13.2 Å². The second-order valence-electron chi connectivity index (χ2n) is 10.3. The summed E-state index contributed by atoms with van der Waals surface area (Å²) in [5, 5.41) is 26.6. The van der Waals surface area contributed by atoms with Crippen LogP contribution in [-0.2, 0) is 39.6 Å². The summed E-state index contributed by atoms with van der Waals surface area (Å²) in [6, 6.07) is 14.5. The lowest BCUT2D eigenvalue weighted by Gasteiger charge is -2.16. The normalized spacial score (nSPS) is 11.9. The number of hydrogen-bond donors (Lipinski definition) is 1. The van der Waals surface area contributed by atoms with Crippen molar-refractivity contribution < 1.29 is 89.8 Å². The molecule has 0 saturated heterocycles. The van der Waals surface area contributed by atoms with Gasteiger partial charge in [0, 0.05) is 11.0 Å². The van der Waals surface area contributed by atoms with E-state index in [1.165, 1.54) is 12.1 Å². The fourth-order valence-corrected chi connectivity index (χ4v) is 5.77. The van der Waals surface area contributed by atoms with E-state index in [0.29, 0.717) is 16.0 Å². The average Bonchev–Trinajstić information content (AvgIpc) is 2.92. The van der Waals surface area contributed by atoms with Gasteiger partial charge in [-0.1, -0.05) is 69.3 Å². The van der Waals surface area contributed by atoms with E-state index < -0.39 is 53.9 Å². The smallest absolute Gasteiger partial charge is 0.430 e. The van der Waals surface area contributed by atoms with Crippen LogP contribution in [0.15, 0.2) is 93.8 Å². The van der Waals surface area contributed by atoms with Crippen LogP contribution in [0.25, 0.3) is 0 Å². The van der Waals surface area contributed by atoms with Gasteiger partial charge in [-0.3, -0.25) is 4.21 Å². The van der Waals surface area contributed by atoms with Gasteiger partial charge in [0.25, 0.3) is 0 Å². The summed E-state index contributed by atoms with van der Waals surface area (Å²) in [5.41, 5.74) is 4.61. The van der Waals surface area contributed by atoms with E-state index in [-0.39, 0.29) is 26.8 Å². The zero-order valence-corrected chi connectivity index (χ0v) is 32.4. The zero-order chi connectivity index (χ0) is 40.7. The average molecular weight is 860 g/mol. The van der Waals surface area contributed by atoms with Crippen molar-refractivity contribution in [3.63, 3.8) is 0 Å². The number of benzene rings is 3. The standard InChI is InChI=1S/C9H12O3S.C9H12O2S.C7H8O3S.C5H6O3.C2HF3O2.BrH/c1-6-4-7(2)9(8(3)5-6)13(10,11)12;1-7-4-5-8(2)9(6-7)12(3,10)11;1-6-2-4-7(5-3-6)11(8,9)10;1-4(6)2-3-5(7)8;3-2(4,5)1(6)7;/h4-5H,1-3H3,(H,10,11,12);4-6H,3H2,1-2H3,(H,10,11);2-5H,1H3,(H,8,9,10);2-3,6H,1H2,(H,7,8);(H,6,7);1H/p-6/b;;;3-2-;;. The lowest BCUT2D eigenvalue weighted by molar-refractivity contribution is -0.344. The van der Waals surface area contributed by atoms with Crippen molar-refractivity contribution in [3.05, 3.63) is 112 Å². The van der Waals surface area contributed by atoms with Crippen LogP contribution in [0.2, 0.25) is 0 Å². The second kappa shape index (κ2) is 22.1. The molecule has 1 N–H and O–H groups in total. The fourth-order valence-electron chi connectivity index (χ4n) is 3.47. The maximum atomic E-state index is 11.1. The third-order valence-electron chi connectivity index (χ3n) is 5.49. The second-order valence-corrected chi connectivity index (χ2v) is 14.6. The van der Waals surface area contributed by atoms with Crippen LogP contribution < -0.4 is 27.2 Å². The lowest BCUT2D eigenvalue weighted by Crippen LogP contribution is -3.00. The quantitative estimate of drug-likeness (QED) is 0.114. The summed E-state index contributed by atoms with van der Waals surface area (Å²) in [5.74, 6) is -1.54. The highest BCUT2D eigenvalue weighted by atomic mass is 79.9. The van der Waals surface area contributed by atoms with Gasteiger partial charge in [0.2, 0.25) is 0 Å². The third kappa shape index (κ3) is 22.7. The Balaban J connectivity index is -0.000000585. The van der Waals surface area contributed by atoms with Crippen LogP contribution in [0.5, 0.6) is 0 Å². The first-order valence-corrected chi connectivity index (χ1v) is 18.0. The minimum atomic E-state index is -5.19. The maximum absolute atomic E-state index is 11.1. The SMILES string of the molecule is C=C([O-])/C=C\C(=O)O.C=S(=O)([O-])c1cc(C)ccc1C.Cc1cc(C)c(S(=O)(=O)[O-])c(C)c1.Cc1ccc(S(=O)(=O)[O-])cc1.O=C([O-])C(F)(F)F.[Br-]. The number of carbonyl (C=O) groups excluding carboxylic acids is 1. The molecule has 0 radical (unpaired) electrons. The predicted octanol–water partition coefficient (Wildman–Crippen LogP) is -0.272. The summed E-state index contributed by atoms with van der Waals surface area (Å²) in [6.45, 7) is 13.5. The highest BCUT2D eigenvalue weighted by Crippen LogP contribution is 2.21. The molecule has 20 heteroatoms. The Bertz CT molecular complexity index is 2000. The van der Waals surface area contributed by atoms with Gasteiger partial charge in [-0.05, 0) is 82.0 Å². The Hall–Kier alpha value is -4.05. The summed E-state index contributed by atoms with van der Waals surface area (Å²) >= 11 is 0. The highest BCUT2D eigenvalue weighted by Gasteiger charge is 2.28. The van der Waals surface area contributed by atoms with Gasteiger partial charge in [0.15, 0.2) is 0 Å². The minimum Gasteiger partial charge on any atom is -1.00 e. The van der Waals surface area contributed by atoms with Gasteiger partial charge in [-0.25, -0.2) is 21.6 Å². The molecule has 0 heterocycles. The molecular formula is C32H34BrF3O13S3-6. The number of alkyl halides is 3. The van der Waals surface area contributed by atoms with E-state index in [1.807, 2.05) is 26.8 Å². The number of hydrogen-bond acceptors (Lipinski definition) is 12. The number of halogens is 4. The molecule has 1 atom stereocenters. The topological polar surface area (TPSA) is 255 Å². The maximum Gasteiger partial charge on any atom is 0.430 e. The van der Waals surface area contributed by atoms with Crippen molar-refractivity contribution >= 4 is 47.8 Å². The van der Waals surface area contributed by atoms with Crippen LogP contribution in [0.3, 0.4) is 0 Å². The number of carbonyl (C=O) groups is 2. The minimum absolute atomic E-state index is 0. The molecule has 3 rings (SSSR count). The van der Waals surface area contributed by atoms with E-state index in [2.05, 4.69) is 12.4 Å². The van der Waals surface area contributed by atoms with E-state index in [0.717, 1.165) is 34.4 Å². The number of carboxylic acids is 2. The van der Waals surface area contributed by atoms with Crippen molar-refractivity contribution in [2.45, 2.75) is 62.4 Å². The van der Waals surface area contributed by atoms with Gasteiger partial charge in [-0.2, -0.15) is 13.2 Å². The first-order valence-electron chi connectivity index (χ1n) is 13.6. The summed E-state index contributed by atoms with van der Waals surface area (Å²) < 4.78 is 117. The molecule has 3 aromatic rings. The van der Waals surface area contributed by atoms with Crippen LogP contribution in [0, 0.1) is 41.5 Å². The number of allylic oxidation sites excluding steroid dienone is 1. The molecule has 3 aromatic carbocycles. The van der Waals surface area contributed by atoms with Crippen molar-refractivity contribution in [1.82, 2.24) is 0 Å². The van der Waals surface area contributed by atoms with E-state index in [1.54, 1.807) is 57.2 Å². The van der Waals surface area contributed by atoms with Crippen molar-refractivity contribution in [2.24, 2.45) is 0 Å². The molecule has 0 aliphatic heterocycles. The summed E-state index contributed by atoms with van der Waals surface area (Å²) in [6.07, 6.45) is -3.56. The van der Waals surface area contributed by atoms with E-state index in [4.69, 9.17) is 15.0 Å². The highest BCUT2D eigenvalue weighted by molar-refractivity contribution is 7.95. The Morgan fingerprint density at radius 3 is 1.37 bits per heavy atom. The Morgan fingerprint density at radius 1 is 0.692 bits per heavy atom. The van der Waals surface area contributed by atoms with Crippen LogP contribution >= 0.6 is 0 Å². The Kier molecular flexibility index (Phi) is 22.2. The Morgan fingerprint density at radius 2 is 1.10 bits per heavy atom. The number of aliphatic carboxylic acids is 2. The monoisotopic (exact) mass is 858 g/mol. The molecule has 0 bridgehead atoms. The molecule has 13 nitrogen and oxygen atoms in total. The molecule has 52 heavy (non-hydrogen) atoms. The first kappa shape index (κ1) is 52.3. The van der Waals surface area contributed by atoms with Gasteiger partial charge < -0.3 is 50.8 Å². The molecule has 0 fully saturated rings. The molecule has 292 valence electrons. The molecule has 1 unspecified atom stereocenters. The fraction of sp³-hybridized carbons (Fsp3) is 0.219. The largest absolute Gasteiger partial charge is 1.00 e. The Labute approximate surface area is 311 Å². The number of aryl methyl sites for hydroxylation is 6. The molecule has 0 saturated carbocycles. The van der Waals surface area contributed by atoms with Crippen LogP contribution in [0.1, 0.15) is 33.4 Å². The van der Waals surface area contributed by atoms with Gasteiger partial charge in [0.05, 0.1) is 9.79 Å². The molecule has 0 spiro atoms. The van der Waals surface area contributed by atoms with Crippen LogP contribution in [-0.4, -0.2) is 63.8 Å². The molecule has 0 aromatic heterocycles. The molecular weight excluding hydrogens is 825 g/mol. The first-order chi connectivity index (χ1) is 22.8. The van der Waals surface area contributed by atoms with Gasteiger partial charge in [0.1, 0.15) is 26.2 Å². The molecule has 0 aliphatic carbocycles. The van der Waals surface area contributed by atoms with E-state index in [9.17, 15) is 57.8 Å². The number of carboxylic acid groups (broad SMARTS) is 2. The summed E-state index contributed by atoms with van der Waals surface area (Å²) in [4.78, 5) is 18.5. The predicted molar refractivity (Wildman–Crippen MR) is 175 cm³/mol. The van der Waals surface area contributed by atoms with Gasteiger partial charge >= 0.3 is 12.1 Å². The zero-order valence-electron chi connectivity index (χ0n) is 28.3.